The van der Waals surface area contributed by atoms with Gasteiger partial charge < -0.3 is 9.72 Å². The zero-order valence-corrected chi connectivity index (χ0v) is 9.44. The van der Waals surface area contributed by atoms with Crippen molar-refractivity contribution in [2.45, 2.75) is 27.5 Å². The lowest BCUT2D eigenvalue weighted by Gasteiger charge is -2.16. The fourth-order valence-corrected chi connectivity index (χ4v) is 0.914. The molecule has 1 aromatic heterocycles. The number of carbonyl (C=O) groups is 1. The van der Waals surface area contributed by atoms with Crippen molar-refractivity contribution in [3.63, 3.8) is 0 Å². The van der Waals surface area contributed by atoms with Crippen molar-refractivity contribution in [3.05, 3.63) is 33.1 Å². The van der Waals surface area contributed by atoms with Gasteiger partial charge in [-0.05, 0) is 20.8 Å². The standard InChI is InChI=1S/C10H14N2O4/c1-10(2,3)8(14)16-6-12-7(13)4-5-11-9(12)15/h4-5H,6H2,1-3H3,(H,11,15). The maximum atomic E-state index is 11.4. The Labute approximate surface area is 91.9 Å². The fourth-order valence-electron chi connectivity index (χ4n) is 0.914. The Morgan fingerprint density at radius 3 is 2.56 bits per heavy atom. The van der Waals surface area contributed by atoms with E-state index in [0.29, 0.717) is 0 Å². The van der Waals surface area contributed by atoms with E-state index in [1.807, 2.05) is 0 Å². The maximum absolute atomic E-state index is 11.4. The molecule has 1 rings (SSSR count). The number of hydrogen-bond donors (Lipinski definition) is 1. The van der Waals surface area contributed by atoms with Crippen molar-refractivity contribution >= 4 is 5.97 Å². The van der Waals surface area contributed by atoms with Crippen molar-refractivity contribution in [2.24, 2.45) is 5.41 Å². The number of nitrogens with zero attached hydrogens (tertiary/aromatic N) is 1. The van der Waals surface area contributed by atoms with Gasteiger partial charge in [-0.25, -0.2) is 9.36 Å². The highest BCUT2D eigenvalue weighted by molar-refractivity contribution is 5.75. The zero-order valence-electron chi connectivity index (χ0n) is 9.44. The summed E-state index contributed by atoms with van der Waals surface area (Å²) in [5, 5.41) is 0. The van der Waals surface area contributed by atoms with Gasteiger partial charge in [0, 0.05) is 12.3 Å². The van der Waals surface area contributed by atoms with Gasteiger partial charge in [-0.1, -0.05) is 0 Å². The van der Waals surface area contributed by atoms with E-state index in [-0.39, 0.29) is 6.73 Å². The minimum atomic E-state index is -0.662. The van der Waals surface area contributed by atoms with Crippen LogP contribution >= 0.6 is 0 Å². The molecule has 0 saturated heterocycles. The molecule has 0 spiro atoms. The van der Waals surface area contributed by atoms with E-state index in [0.717, 1.165) is 4.57 Å². The van der Waals surface area contributed by atoms with Crippen LogP contribution in [-0.2, 0) is 16.3 Å². The van der Waals surface area contributed by atoms with Gasteiger partial charge in [0.25, 0.3) is 5.56 Å². The second-order valence-corrected chi connectivity index (χ2v) is 4.36. The summed E-state index contributed by atoms with van der Waals surface area (Å²) in [4.78, 5) is 36.2. The van der Waals surface area contributed by atoms with E-state index in [2.05, 4.69) is 4.98 Å². The van der Waals surface area contributed by atoms with Gasteiger partial charge >= 0.3 is 11.7 Å². The summed E-state index contributed by atoms with van der Waals surface area (Å²) < 4.78 is 5.67. The number of aromatic nitrogens is 2. The Hall–Kier alpha value is -1.85. The SMILES string of the molecule is CC(C)(C)C(=O)OCn1c(=O)cc[nH]c1=O. The largest absolute Gasteiger partial charge is 0.443 e. The summed E-state index contributed by atoms with van der Waals surface area (Å²) in [5.74, 6) is -0.470. The molecular weight excluding hydrogens is 212 g/mol. The third kappa shape index (κ3) is 2.82. The lowest BCUT2D eigenvalue weighted by atomic mass is 9.98. The smallest absolute Gasteiger partial charge is 0.331 e. The monoisotopic (exact) mass is 226 g/mol. The summed E-state index contributed by atoms with van der Waals surface area (Å²) in [6, 6.07) is 1.19. The minimum absolute atomic E-state index is 0.370. The highest BCUT2D eigenvalue weighted by Crippen LogP contribution is 2.14. The van der Waals surface area contributed by atoms with Gasteiger partial charge in [-0.2, -0.15) is 0 Å². The Kier molecular flexibility index (Phi) is 3.31. The molecule has 0 aliphatic carbocycles. The van der Waals surface area contributed by atoms with Crippen LogP contribution in [0, 0.1) is 5.41 Å². The Bertz CT molecular complexity index is 464. The van der Waals surface area contributed by atoms with Crippen LogP contribution in [0.2, 0.25) is 0 Å². The summed E-state index contributed by atoms with van der Waals surface area (Å²) in [5.41, 5.74) is -1.77. The van der Waals surface area contributed by atoms with Gasteiger partial charge in [0.15, 0.2) is 6.73 Å². The van der Waals surface area contributed by atoms with Crippen LogP contribution in [0.3, 0.4) is 0 Å². The first-order valence-corrected chi connectivity index (χ1v) is 4.78. The van der Waals surface area contributed by atoms with Crippen molar-refractivity contribution in [3.8, 4) is 0 Å². The first kappa shape index (κ1) is 12.2. The van der Waals surface area contributed by atoms with Crippen molar-refractivity contribution < 1.29 is 9.53 Å². The van der Waals surface area contributed by atoms with Crippen molar-refractivity contribution in [1.29, 1.82) is 0 Å². The van der Waals surface area contributed by atoms with E-state index < -0.39 is 22.6 Å². The number of esters is 1. The molecule has 6 nitrogen and oxygen atoms in total. The predicted molar refractivity (Wildman–Crippen MR) is 56.9 cm³/mol. The quantitative estimate of drug-likeness (QED) is 0.724. The lowest BCUT2D eigenvalue weighted by molar-refractivity contribution is -0.157. The molecule has 0 fully saturated rings. The fraction of sp³-hybridized carbons (Fsp3) is 0.500. The van der Waals surface area contributed by atoms with E-state index in [1.165, 1.54) is 12.3 Å². The number of nitrogens with one attached hydrogen (secondary N) is 1. The molecule has 16 heavy (non-hydrogen) atoms. The van der Waals surface area contributed by atoms with Gasteiger partial charge in [-0.15, -0.1) is 0 Å². The van der Waals surface area contributed by atoms with E-state index in [4.69, 9.17) is 4.74 Å². The number of rotatable bonds is 2. The number of ether oxygens (including phenoxy) is 1. The lowest BCUT2D eigenvalue weighted by Crippen LogP contribution is -2.36. The average Bonchev–Trinajstić information content (AvgIpc) is 2.15. The molecule has 6 heteroatoms. The molecule has 1 heterocycles. The Morgan fingerprint density at radius 1 is 1.44 bits per heavy atom. The predicted octanol–water partition coefficient (Wildman–Crippen LogP) is 0.0834. The van der Waals surface area contributed by atoms with Crippen LogP contribution < -0.4 is 11.2 Å². The topological polar surface area (TPSA) is 81.2 Å². The van der Waals surface area contributed by atoms with Crippen LogP contribution in [-0.4, -0.2) is 15.5 Å². The van der Waals surface area contributed by atoms with E-state index >= 15 is 0 Å². The molecule has 0 saturated carbocycles. The van der Waals surface area contributed by atoms with Crippen molar-refractivity contribution in [2.75, 3.05) is 0 Å². The molecular formula is C10H14N2O4. The maximum Gasteiger partial charge on any atom is 0.331 e. The first-order valence-electron chi connectivity index (χ1n) is 4.78. The first-order chi connectivity index (χ1) is 7.32. The highest BCUT2D eigenvalue weighted by Gasteiger charge is 2.23. The number of aromatic amines is 1. The molecule has 88 valence electrons. The van der Waals surface area contributed by atoms with Gasteiger partial charge in [0.05, 0.1) is 5.41 Å². The van der Waals surface area contributed by atoms with E-state index in [1.54, 1.807) is 20.8 Å². The third-order valence-corrected chi connectivity index (χ3v) is 1.88. The van der Waals surface area contributed by atoms with Crippen LogP contribution in [0.5, 0.6) is 0 Å². The second kappa shape index (κ2) is 4.34. The van der Waals surface area contributed by atoms with Gasteiger partial charge in [-0.3, -0.25) is 9.59 Å². The zero-order chi connectivity index (χ0) is 12.3. The van der Waals surface area contributed by atoms with Crippen molar-refractivity contribution in [1.82, 2.24) is 9.55 Å². The average molecular weight is 226 g/mol. The minimum Gasteiger partial charge on any atom is -0.443 e. The number of hydrogen-bond acceptors (Lipinski definition) is 4. The van der Waals surface area contributed by atoms with E-state index in [9.17, 15) is 14.4 Å². The Balaban J connectivity index is 2.81. The number of carbonyl (C=O) groups excluding carboxylic acids is 1. The molecule has 0 amide bonds. The number of H-pyrrole nitrogens is 1. The molecule has 1 N–H and O–H groups in total. The molecule has 0 atom stereocenters. The normalized spacial score (nSPS) is 11.2. The molecule has 1 aromatic rings. The van der Waals surface area contributed by atoms with Crippen LogP contribution in [0.25, 0.3) is 0 Å². The molecule has 0 aliphatic rings. The molecule has 0 unspecified atom stereocenters. The van der Waals surface area contributed by atoms with Gasteiger partial charge in [0.2, 0.25) is 0 Å². The summed E-state index contributed by atoms with van der Waals surface area (Å²) in [6.45, 7) is 4.69. The van der Waals surface area contributed by atoms with Gasteiger partial charge in [0.1, 0.15) is 0 Å². The van der Waals surface area contributed by atoms with Crippen LogP contribution in [0.15, 0.2) is 21.9 Å². The highest BCUT2D eigenvalue weighted by atomic mass is 16.5. The molecule has 0 radical (unpaired) electrons. The second-order valence-electron chi connectivity index (χ2n) is 4.36. The molecule has 0 bridgehead atoms. The Morgan fingerprint density at radius 2 is 2.06 bits per heavy atom. The summed E-state index contributed by atoms with van der Waals surface area (Å²) in [6.07, 6.45) is 1.24. The van der Waals surface area contributed by atoms with Crippen LogP contribution in [0.4, 0.5) is 0 Å². The molecule has 0 aliphatic heterocycles. The van der Waals surface area contributed by atoms with Crippen LogP contribution in [0.1, 0.15) is 20.8 Å². The molecule has 0 aromatic carbocycles. The summed E-state index contributed by atoms with van der Waals surface area (Å²) in [7, 11) is 0. The third-order valence-electron chi connectivity index (χ3n) is 1.88. The summed E-state index contributed by atoms with van der Waals surface area (Å²) >= 11 is 0.